The molecular weight excluding hydrogens is 388 g/mol. The molecule has 1 atom stereocenters. The van der Waals surface area contributed by atoms with Crippen molar-refractivity contribution in [1.82, 2.24) is 15.3 Å². The number of anilines is 1. The van der Waals surface area contributed by atoms with Crippen molar-refractivity contribution in [3.63, 3.8) is 0 Å². The van der Waals surface area contributed by atoms with Crippen LogP contribution >= 0.6 is 0 Å². The molecule has 3 aromatic rings. The average Bonchev–Trinajstić information content (AvgIpc) is 2.79. The second-order valence-electron chi connectivity index (χ2n) is 7.96. The quantitative estimate of drug-likeness (QED) is 0.679. The lowest BCUT2D eigenvalue weighted by molar-refractivity contribution is 0.0940. The summed E-state index contributed by atoms with van der Waals surface area (Å²) in [5.74, 6) is 0.721. The lowest BCUT2D eigenvalue weighted by atomic mass is 10.00. The van der Waals surface area contributed by atoms with Gasteiger partial charge in [-0.25, -0.2) is 4.98 Å². The van der Waals surface area contributed by atoms with Crippen molar-refractivity contribution in [3.8, 4) is 11.3 Å². The van der Waals surface area contributed by atoms with E-state index in [0.29, 0.717) is 18.8 Å². The Hall–Kier alpha value is -3.25. The highest BCUT2D eigenvalue weighted by molar-refractivity contribution is 5.96. The monoisotopic (exact) mass is 416 g/mol. The molecule has 6 nitrogen and oxygen atoms in total. The third kappa shape index (κ3) is 4.75. The van der Waals surface area contributed by atoms with Crippen molar-refractivity contribution in [2.24, 2.45) is 0 Å². The van der Waals surface area contributed by atoms with Gasteiger partial charge in [0.25, 0.3) is 5.91 Å². The molecule has 31 heavy (non-hydrogen) atoms. The molecule has 1 fully saturated rings. The number of aromatic nitrogens is 2. The molecule has 160 valence electrons. The van der Waals surface area contributed by atoms with Gasteiger partial charge in [-0.3, -0.25) is 9.78 Å². The molecule has 4 rings (SSSR count). The molecule has 1 amide bonds. The zero-order valence-corrected chi connectivity index (χ0v) is 18.3. The van der Waals surface area contributed by atoms with Crippen molar-refractivity contribution in [2.45, 2.75) is 26.8 Å². The predicted octanol–water partition coefficient (Wildman–Crippen LogP) is 4.09. The lowest BCUT2D eigenvalue weighted by Crippen LogP contribution is -2.37. The highest BCUT2D eigenvalue weighted by Gasteiger charge is 2.19. The minimum absolute atomic E-state index is 0.0859. The summed E-state index contributed by atoms with van der Waals surface area (Å²) in [6.07, 6.45) is 3.39. The molecular formula is C25H28N4O2. The second-order valence-corrected chi connectivity index (χ2v) is 7.96. The Morgan fingerprint density at radius 1 is 1.06 bits per heavy atom. The molecule has 1 saturated heterocycles. The van der Waals surface area contributed by atoms with E-state index in [-0.39, 0.29) is 11.9 Å². The van der Waals surface area contributed by atoms with Crippen molar-refractivity contribution < 1.29 is 9.53 Å². The summed E-state index contributed by atoms with van der Waals surface area (Å²) in [6.45, 7) is 9.07. The fourth-order valence-corrected chi connectivity index (χ4v) is 4.02. The van der Waals surface area contributed by atoms with E-state index in [0.717, 1.165) is 35.7 Å². The molecule has 0 saturated carbocycles. The number of benzene rings is 2. The van der Waals surface area contributed by atoms with Crippen LogP contribution in [0.15, 0.2) is 54.9 Å². The minimum Gasteiger partial charge on any atom is -0.378 e. The van der Waals surface area contributed by atoms with Gasteiger partial charge in [0.15, 0.2) is 5.82 Å². The van der Waals surface area contributed by atoms with Gasteiger partial charge >= 0.3 is 0 Å². The Bertz CT molecular complexity index is 1080. The molecule has 6 heteroatoms. The average molecular weight is 417 g/mol. The third-order valence-electron chi connectivity index (χ3n) is 5.63. The van der Waals surface area contributed by atoms with Crippen LogP contribution in [0.1, 0.15) is 40.0 Å². The van der Waals surface area contributed by atoms with Gasteiger partial charge in [0.2, 0.25) is 0 Å². The van der Waals surface area contributed by atoms with Crippen LogP contribution in [0.3, 0.4) is 0 Å². The molecule has 1 aromatic heterocycles. The van der Waals surface area contributed by atoms with Crippen LogP contribution in [0.2, 0.25) is 0 Å². The molecule has 0 spiro atoms. The fourth-order valence-electron chi connectivity index (χ4n) is 4.02. The largest absolute Gasteiger partial charge is 0.378 e. The second kappa shape index (κ2) is 9.27. The van der Waals surface area contributed by atoms with Crippen LogP contribution in [-0.4, -0.2) is 42.2 Å². The van der Waals surface area contributed by atoms with Crippen LogP contribution in [0, 0.1) is 13.8 Å². The maximum Gasteiger partial charge on any atom is 0.251 e. The summed E-state index contributed by atoms with van der Waals surface area (Å²) in [4.78, 5) is 24.3. The maximum atomic E-state index is 13.0. The zero-order chi connectivity index (χ0) is 21.8. The molecule has 0 bridgehead atoms. The molecule has 2 aromatic carbocycles. The first kappa shape index (κ1) is 21.0. The molecule has 1 aliphatic rings. The number of nitrogens with zero attached hydrogens (tertiary/aromatic N) is 3. The van der Waals surface area contributed by atoms with E-state index in [2.05, 4.69) is 52.2 Å². The number of amides is 1. The normalized spacial score (nSPS) is 14.9. The van der Waals surface area contributed by atoms with E-state index in [1.165, 1.54) is 11.1 Å². The van der Waals surface area contributed by atoms with Gasteiger partial charge in [0.1, 0.15) is 5.69 Å². The highest BCUT2D eigenvalue weighted by Crippen LogP contribution is 2.28. The third-order valence-corrected chi connectivity index (χ3v) is 5.63. The van der Waals surface area contributed by atoms with E-state index in [1.807, 2.05) is 31.2 Å². The van der Waals surface area contributed by atoms with Crippen LogP contribution in [0.4, 0.5) is 5.82 Å². The SMILES string of the molecule is Cc1ccc([C@H](C)NC(=O)c2cccc(-c3nccnc3N3CCOCC3)c2)c(C)c1. The number of ether oxygens (including phenoxy) is 1. The van der Waals surface area contributed by atoms with Gasteiger partial charge in [0.05, 0.1) is 19.3 Å². The Morgan fingerprint density at radius 2 is 1.84 bits per heavy atom. The van der Waals surface area contributed by atoms with E-state index >= 15 is 0 Å². The number of nitrogens with one attached hydrogen (secondary N) is 1. The highest BCUT2D eigenvalue weighted by atomic mass is 16.5. The van der Waals surface area contributed by atoms with Crippen molar-refractivity contribution in [3.05, 3.63) is 77.1 Å². The van der Waals surface area contributed by atoms with E-state index in [9.17, 15) is 4.79 Å². The molecule has 0 aliphatic carbocycles. The molecule has 0 unspecified atom stereocenters. The predicted molar refractivity (Wildman–Crippen MR) is 122 cm³/mol. The van der Waals surface area contributed by atoms with Crippen LogP contribution in [0.5, 0.6) is 0 Å². The van der Waals surface area contributed by atoms with Crippen LogP contribution in [-0.2, 0) is 4.74 Å². The number of hydrogen-bond acceptors (Lipinski definition) is 5. The Labute approximate surface area is 183 Å². The summed E-state index contributed by atoms with van der Waals surface area (Å²) < 4.78 is 5.46. The Kier molecular flexibility index (Phi) is 6.28. The van der Waals surface area contributed by atoms with E-state index in [1.54, 1.807) is 12.4 Å². The molecule has 2 heterocycles. The molecule has 1 aliphatic heterocycles. The van der Waals surface area contributed by atoms with Gasteiger partial charge < -0.3 is 15.0 Å². The lowest BCUT2D eigenvalue weighted by Gasteiger charge is -2.29. The van der Waals surface area contributed by atoms with Gasteiger partial charge in [0, 0.05) is 36.6 Å². The van der Waals surface area contributed by atoms with E-state index in [4.69, 9.17) is 4.74 Å². The summed E-state index contributed by atoms with van der Waals surface area (Å²) >= 11 is 0. The topological polar surface area (TPSA) is 67.4 Å². The first-order chi connectivity index (χ1) is 15.0. The number of aryl methyl sites for hydroxylation is 2. The standard InChI is InChI=1S/C25H28N4O2/c1-17-7-8-22(18(2)15-17)19(3)28-25(30)21-6-4-5-20(16-21)23-24(27-10-9-26-23)29-11-13-31-14-12-29/h4-10,15-16,19H,11-14H2,1-3H3,(H,28,30)/t19-/m0/s1. The minimum atomic E-state index is -0.105. The van der Waals surface area contributed by atoms with Gasteiger partial charge in [-0.1, -0.05) is 35.9 Å². The van der Waals surface area contributed by atoms with Crippen molar-refractivity contribution >= 4 is 11.7 Å². The summed E-state index contributed by atoms with van der Waals surface area (Å²) in [5, 5.41) is 3.13. The fraction of sp³-hybridized carbons (Fsp3) is 0.320. The Morgan fingerprint density at radius 3 is 2.61 bits per heavy atom. The zero-order valence-electron chi connectivity index (χ0n) is 18.3. The smallest absolute Gasteiger partial charge is 0.251 e. The molecule has 0 radical (unpaired) electrons. The number of carbonyl (C=O) groups excluding carboxylic acids is 1. The van der Waals surface area contributed by atoms with Crippen molar-refractivity contribution in [1.29, 1.82) is 0 Å². The van der Waals surface area contributed by atoms with Crippen LogP contribution < -0.4 is 10.2 Å². The summed E-state index contributed by atoms with van der Waals surface area (Å²) in [5.41, 5.74) is 5.78. The van der Waals surface area contributed by atoms with E-state index < -0.39 is 0 Å². The van der Waals surface area contributed by atoms with Gasteiger partial charge in [-0.15, -0.1) is 0 Å². The number of hydrogen-bond donors (Lipinski definition) is 1. The maximum absolute atomic E-state index is 13.0. The summed E-state index contributed by atoms with van der Waals surface area (Å²) in [6, 6.07) is 13.8. The first-order valence-electron chi connectivity index (χ1n) is 10.6. The first-order valence-corrected chi connectivity index (χ1v) is 10.6. The number of rotatable bonds is 5. The van der Waals surface area contributed by atoms with Gasteiger partial charge in [-0.05, 0) is 44.0 Å². The van der Waals surface area contributed by atoms with Crippen LogP contribution in [0.25, 0.3) is 11.3 Å². The Balaban J connectivity index is 1.57. The number of morpholine rings is 1. The van der Waals surface area contributed by atoms with Gasteiger partial charge in [-0.2, -0.15) is 0 Å². The van der Waals surface area contributed by atoms with Crippen molar-refractivity contribution in [2.75, 3.05) is 31.2 Å². The number of carbonyl (C=O) groups is 1. The molecule has 1 N–H and O–H groups in total. The summed E-state index contributed by atoms with van der Waals surface area (Å²) in [7, 11) is 0.